The van der Waals surface area contributed by atoms with Gasteiger partial charge in [0.15, 0.2) is 0 Å². The van der Waals surface area contributed by atoms with Crippen LogP contribution in [0.4, 0.5) is 4.79 Å². The number of aliphatic hydroxyl groups is 1. The maximum absolute atomic E-state index is 11.9. The third-order valence-electron chi connectivity index (χ3n) is 3.05. The van der Waals surface area contributed by atoms with Crippen LogP contribution in [0.25, 0.3) is 0 Å². The standard InChI is InChI=1S/C11H20N2O4/c1-11(2,9(15)16)12-10(17)13-6-4-3-5-8(13)7-14/h8,14H,3-7H2,1-2H3,(H,12,17)(H,15,16). The van der Waals surface area contributed by atoms with Crippen LogP contribution in [0.5, 0.6) is 0 Å². The first-order valence-corrected chi connectivity index (χ1v) is 5.81. The fourth-order valence-electron chi connectivity index (χ4n) is 1.85. The Morgan fingerprint density at radius 1 is 1.41 bits per heavy atom. The van der Waals surface area contributed by atoms with Crippen LogP contribution >= 0.6 is 0 Å². The largest absolute Gasteiger partial charge is 0.480 e. The molecule has 3 N–H and O–H groups in total. The number of carboxylic acid groups (broad SMARTS) is 1. The summed E-state index contributed by atoms with van der Waals surface area (Å²) in [5, 5.41) is 20.6. The van der Waals surface area contributed by atoms with E-state index < -0.39 is 17.5 Å². The molecule has 1 aliphatic rings. The Kier molecular flexibility index (Phi) is 4.34. The van der Waals surface area contributed by atoms with Crippen LogP contribution in [0.2, 0.25) is 0 Å². The van der Waals surface area contributed by atoms with E-state index >= 15 is 0 Å². The summed E-state index contributed by atoms with van der Waals surface area (Å²) < 4.78 is 0. The number of carbonyl (C=O) groups excluding carboxylic acids is 1. The summed E-state index contributed by atoms with van der Waals surface area (Å²) in [5.41, 5.74) is -1.30. The molecule has 0 spiro atoms. The van der Waals surface area contributed by atoms with Crippen LogP contribution < -0.4 is 5.32 Å². The van der Waals surface area contributed by atoms with E-state index in [-0.39, 0.29) is 12.6 Å². The molecule has 2 amide bonds. The highest BCUT2D eigenvalue weighted by Crippen LogP contribution is 2.17. The first-order valence-electron chi connectivity index (χ1n) is 5.81. The number of nitrogens with zero attached hydrogens (tertiary/aromatic N) is 1. The smallest absolute Gasteiger partial charge is 0.328 e. The molecule has 0 aromatic rings. The van der Waals surface area contributed by atoms with Gasteiger partial charge in [-0.25, -0.2) is 9.59 Å². The third-order valence-corrected chi connectivity index (χ3v) is 3.05. The second-order valence-corrected chi connectivity index (χ2v) is 4.89. The van der Waals surface area contributed by atoms with E-state index in [2.05, 4.69) is 5.32 Å². The molecule has 0 bridgehead atoms. The Morgan fingerprint density at radius 3 is 2.59 bits per heavy atom. The zero-order valence-corrected chi connectivity index (χ0v) is 10.3. The number of rotatable bonds is 3. The molecule has 0 aromatic carbocycles. The number of aliphatic hydroxyl groups excluding tert-OH is 1. The van der Waals surface area contributed by atoms with E-state index in [0.717, 1.165) is 19.3 Å². The molecule has 1 aliphatic heterocycles. The van der Waals surface area contributed by atoms with Gasteiger partial charge in [0.05, 0.1) is 12.6 Å². The average Bonchev–Trinajstić information content (AvgIpc) is 2.28. The lowest BCUT2D eigenvalue weighted by Crippen LogP contribution is -2.57. The van der Waals surface area contributed by atoms with Gasteiger partial charge in [0, 0.05) is 6.54 Å². The summed E-state index contributed by atoms with van der Waals surface area (Å²) in [6.07, 6.45) is 2.63. The summed E-state index contributed by atoms with van der Waals surface area (Å²) in [5.74, 6) is -1.08. The number of carbonyl (C=O) groups is 2. The van der Waals surface area contributed by atoms with Crippen LogP contribution in [-0.2, 0) is 4.79 Å². The lowest BCUT2D eigenvalue weighted by Gasteiger charge is -2.36. The van der Waals surface area contributed by atoms with Gasteiger partial charge >= 0.3 is 12.0 Å². The minimum absolute atomic E-state index is 0.0824. The predicted molar refractivity (Wildman–Crippen MR) is 61.7 cm³/mol. The monoisotopic (exact) mass is 244 g/mol. The lowest BCUT2D eigenvalue weighted by atomic mass is 10.0. The highest BCUT2D eigenvalue weighted by molar-refractivity contribution is 5.85. The Hall–Kier alpha value is -1.30. The lowest BCUT2D eigenvalue weighted by molar-refractivity contribution is -0.143. The number of carboxylic acids is 1. The van der Waals surface area contributed by atoms with E-state index in [1.807, 2.05) is 0 Å². The number of hydrogen-bond donors (Lipinski definition) is 3. The zero-order valence-electron chi connectivity index (χ0n) is 10.3. The fraction of sp³-hybridized carbons (Fsp3) is 0.818. The van der Waals surface area contributed by atoms with Gasteiger partial charge in [0.25, 0.3) is 0 Å². The van der Waals surface area contributed by atoms with Gasteiger partial charge in [-0.1, -0.05) is 0 Å². The van der Waals surface area contributed by atoms with Crippen molar-refractivity contribution in [1.82, 2.24) is 10.2 Å². The highest BCUT2D eigenvalue weighted by atomic mass is 16.4. The molecular weight excluding hydrogens is 224 g/mol. The van der Waals surface area contributed by atoms with Crippen LogP contribution in [-0.4, -0.2) is 51.8 Å². The second kappa shape index (κ2) is 5.35. The maximum atomic E-state index is 11.9. The van der Waals surface area contributed by atoms with Crippen molar-refractivity contribution in [1.29, 1.82) is 0 Å². The SMILES string of the molecule is CC(C)(NC(=O)N1CCCCC1CO)C(=O)O. The van der Waals surface area contributed by atoms with Crippen LogP contribution in [0.1, 0.15) is 33.1 Å². The number of urea groups is 1. The second-order valence-electron chi connectivity index (χ2n) is 4.89. The molecule has 17 heavy (non-hydrogen) atoms. The summed E-state index contributed by atoms with van der Waals surface area (Å²) in [4.78, 5) is 24.4. The van der Waals surface area contributed by atoms with E-state index in [1.54, 1.807) is 0 Å². The molecule has 98 valence electrons. The molecule has 0 saturated carbocycles. The highest BCUT2D eigenvalue weighted by Gasteiger charge is 2.33. The molecule has 0 aliphatic carbocycles. The Morgan fingerprint density at radius 2 is 2.06 bits per heavy atom. The fourth-order valence-corrected chi connectivity index (χ4v) is 1.85. The summed E-state index contributed by atoms with van der Waals surface area (Å²) in [6, 6.07) is -0.621. The van der Waals surface area contributed by atoms with E-state index in [0.29, 0.717) is 6.54 Å². The maximum Gasteiger partial charge on any atom is 0.328 e. The molecule has 1 heterocycles. The Bertz CT molecular complexity index is 304. The Labute approximate surface area is 101 Å². The molecular formula is C11H20N2O4. The molecule has 1 saturated heterocycles. The first kappa shape index (κ1) is 13.8. The minimum Gasteiger partial charge on any atom is -0.480 e. The quantitative estimate of drug-likeness (QED) is 0.670. The van der Waals surface area contributed by atoms with Crippen molar-refractivity contribution in [2.45, 2.75) is 44.7 Å². The van der Waals surface area contributed by atoms with Crippen molar-refractivity contribution >= 4 is 12.0 Å². The van der Waals surface area contributed by atoms with Crippen LogP contribution in [0.3, 0.4) is 0 Å². The minimum atomic E-state index is -1.30. The van der Waals surface area contributed by atoms with Gasteiger partial charge in [-0.15, -0.1) is 0 Å². The molecule has 1 rings (SSSR count). The normalized spacial score (nSPS) is 21.1. The molecule has 0 aromatic heterocycles. The molecule has 0 radical (unpaired) electrons. The molecule has 1 unspecified atom stereocenters. The van der Waals surface area contributed by atoms with Crippen molar-refractivity contribution in [2.24, 2.45) is 0 Å². The molecule has 1 fully saturated rings. The topological polar surface area (TPSA) is 89.9 Å². The zero-order chi connectivity index (χ0) is 13.1. The predicted octanol–water partition coefficient (Wildman–Crippen LogP) is 0.406. The van der Waals surface area contributed by atoms with Crippen molar-refractivity contribution in [3.05, 3.63) is 0 Å². The van der Waals surface area contributed by atoms with E-state index in [1.165, 1.54) is 18.7 Å². The Balaban J connectivity index is 2.65. The number of piperidine rings is 1. The number of likely N-dealkylation sites (tertiary alicyclic amines) is 1. The van der Waals surface area contributed by atoms with Gasteiger partial charge in [-0.2, -0.15) is 0 Å². The van der Waals surface area contributed by atoms with Crippen molar-refractivity contribution in [3.63, 3.8) is 0 Å². The molecule has 1 atom stereocenters. The molecule has 6 heteroatoms. The number of aliphatic carboxylic acids is 1. The van der Waals surface area contributed by atoms with Gasteiger partial charge < -0.3 is 20.4 Å². The summed E-state index contributed by atoms with van der Waals surface area (Å²) in [6.45, 7) is 3.35. The van der Waals surface area contributed by atoms with Gasteiger partial charge in [0.2, 0.25) is 0 Å². The van der Waals surface area contributed by atoms with E-state index in [9.17, 15) is 14.7 Å². The number of hydrogen-bond acceptors (Lipinski definition) is 3. The summed E-state index contributed by atoms with van der Waals surface area (Å²) >= 11 is 0. The first-order chi connectivity index (χ1) is 7.88. The van der Waals surface area contributed by atoms with E-state index in [4.69, 9.17) is 5.11 Å². The van der Waals surface area contributed by atoms with Crippen LogP contribution in [0.15, 0.2) is 0 Å². The van der Waals surface area contributed by atoms with Crippen LogP contribution in [0, 0.1) is 0 Å². The van der Waals surface area contributed by atoms with Gasteiger partial charge in [0.1, 0.15) is 5.54 Å². The number of amides is 2. The molecule has 6 nitrogen and oxygen atoms in total. The third kappa shape index (κ3) is 3.33. The number of nitrogens with one attached hydrogen (secondary N) is 1. The van der Waals surface area contributed by atoms with Crippen molar-refractivity contribution < 1.29 is 19.8 Å². The summed E-state index contributed by atoms with van der Waals surface area (Å²) in [7, 11) is 0. The van der Waals surface area contributed by atoms with Crippen molar-refractivity contribution in [2.75, 3.05) is 13.2 Å². The average molecular weight is 244 g/mol. The van der Waals surface area contributed by atoms with Gasteiger partial charge in [-0.05, 0) is 33.1 Å². The van der Waals surface area contributed by atoms with Gasteiger partial charge in [-0.3, -0.25) is 0 Å². The van der Waals surface area contributed by atoms with Crippen molar-refractivity contribution in [3.8, 4) is 0 Å².